The lowest BCUT2D eigenvalue weighted by Crippen LogP contribution is -2.43. The van der Waals surface area contributed by atoms with Gasteiger partial charge >= 0.3 is 5.97 Å². The van der Waals surface area contributed by atoms with Gasteiger partial charge in [0.1, 0.15) is 5.75 Å². The van der Waals surface area contributed by atoms with Crippen LogP contribution in [0.4, 0.5) is 0 Å². The largest absolute Gasteiger partial charge is 0.490 e. The van der Waals surface area contributed by atoms with Gasteiger partial charge in [0.2, 0.25) is 0 Å². The minimum atomic E-state index is -1.12. The van der Waals surface area contributed by atoms with E-state index in [2.05, 4.69) is 24.3 Å². The number of hydrogen-bond acceptors (Lipinski definition) is 4. The first-order valence-corrected chi connectivity index (χ1v) is 13.3. The van der Waals surface area contributed by atoms with E-state index in [9.17, 15) is 0 Å². The highest BCUT2D eigenvalue weighted by Gasteiger charge is 2.42. The first kappa shape index (κ1) is 22.3. The molecule has 3 saturated carbocycles. The fourth-order valence-electron chi connectivity index (χ4n) is 5.35. The second-order valence-corrected chi connectivity index (χ2v) is 9.80. The lowest BCUT2D eigenvalue weighted by Gasteiger charge is -2.41. The van der Waals surface area contributed by atoms with Crippen molar-refractivity contribution in [2.45, 2.75) is 121 Å². The topological polar surface area (TPSA) is 36.9 Å². The monoisotopic (exact) mass is 432 g/mol. The van der Waals surface area contributed by atoms with E-state index in [1.807, 2.05) is 0 Å². The molecule has 1 aromatic carbocycles. The van der Waals surface area contributed by atoms with Crippen molar-refractivity contribution in [3.8, 4) is 5.75 Å². The third kappa shape index (κ3) is 5.67. The van der Waals surface area contributed by atoms with Crippen LogP contribution in [0.5, 0.6) is 5.75 Å². The molecule has 5 heteroatoms. The molecule has 0 spiro atoms. The van der Waals surface area contributed by atoms with Crippen LogP contribution in [0.3, 0.4) is 0 Å². The summed E-state index contributed by atoms with van der Waals surface area (Å²) in [5.41, 5.74) is 0.932. The molecule has 3 aliphatic carbocycles. The Kier molecular flexibility index (Phi) is 8.27. The summed E-state index contributed by atoms with van der Waals surface area (Å²) in [7, 11) is 0.546. The van der Waals surface area contributed by atoms with Crippen LogP contribution in [0.1, 0.15) is 102 Å². The first-order chi connectivity index (χ1) is 14.8. The number of rotatable bonds is 8. The van der Waals surface area contributed by atoms with Gasteiger partial charge in [0.15, 0.2) is 10.5 Å². The molecule has 0 atom stereocenters. The number of para-hydroxylation sites is 1. The molecule has 1 aromatic rings. The Morgan fingerprint density at radius 3 is 1.60 bits per heavy atom. The SMILES string of the molecule is [SiH3]OC(OC1CCCCC1)(OC1CCCCC1)c1ccccc1OC1CCCCC1. The zero-order valence-corrected chi connectivity index (χ0v) is 20.8. The van der Waals surface area contributed by atoms with Crippen LogP contribution in [0, 0.1) is 0 Å². The van der Waals surface area contributed by atoms with Gasteiger partial charge in [-0.1, -0.05) is 57.1 Å². The van der Waals surface area contributed by atoms with Gasteiger partial charge in [-0.3, -0.25) is 0 Å². The van der Waals surface area contributed by atoms with Crippen LogP contribution in [0.25, 0.3) is 0 Å². The quantitative estimate of drug-likeness (QED) is 0.401. The highest BCUT2D eigenvalue weighted by molar-refractivity contribution is 5.98. The molecule has 3 fully saturated rings. The Morgan fingerprint density at radius 1 is 0.633 bits per heavy atom. The number of ether oxygens (including phenoxy) is 3. The summed E-state index contributed by atoms with van der Waals surface area (Å²) in [4.78, 5) is 0. The van der Waals surface area contributed by atoms with E-state index in [-0.39, 0.29) is 18.3 Å². The number of hydrogen-bond donors (Lipinski definition) is 0. The summed E-state index contributed by atoms with van der Waals surface area (Å²) >= 11 is 0. The second-order valence-electron chi connectivity index (χ2n) is 9.39. The van der Waals surface area contributed by atoms with Crippen LogP contribution < -0.4 is 4.74 Å². The Morgan fingerprint density at radius 2 is 1.10 bits per heavy atom. The molecule has 4 rings (SSSR count). The molecule has 3 aliphatic rings. The fourth-order valence-corrected chi connectivity index (χ4v) is 5.76. The molecule has 0 radical (unpaired) electrons. The van der Waals surface area contributed by atoms with Crippen LogP contribution >= 0.6 is 0 Å². The lowest BCUT2D eigenvalue weighted by molar-refractivity contribution is -0.389. The van der Waals surface area contributed by atoms with Crippen molar-refractivity contribution in [2.24, 2.45) is 0 Å². The van der Waals surface area contributed by atoms with Crippen LogP contribution in [0.15, 0.2) is 24.3 Å². The molecule has 0 unspecified atom stereocenters. The Hall–Kier alpha value is -0.883. The summed E-state index contributed by atoms with van der Waals surface area (Å²) in [5, 5.41) is 0. The Balaban J connectivity index is 1.61. The van der Waals surface area contributed by atoms with Gasteiger partial charge in [0.25, 0.3) is 0 Å². The zero-order chi connectivity index (χ0) is 20.7. The van der Waals surface area contributed by atoms with Crippen molar-refractivity contribution >= 4 is 10.5 Å². The maximum Gasteiger partial charge on any atom is 0.305 e. The van der Waals surface area contributed by atoms with Gasteiger partial charge in [-0.05, 0) is 63.5 Å². The molecule has 0 heterocycles. The number of benzene rings is 1. The molecule has 0 saturated heterocycles. The highest BCUT2D eigenvalue weighted by Crippen LogP contribution is 2.41. The second kappa shape index (κ2) is 11.1. The van der Waals surface area contributed by atoms with Gasteiger partial charge in [0.05, 0.1) is 23.9 Å². The van der Waals surface area contributed by atoms with E-state index in [4.69, 9.17) is 18.6 Å². The van der Waals surface area contributed by atoms with Crippen molar-refractivity contribution in [2.75, 3.05) is 0 Å². The average molecular weight is 433 g/mol. The lowest BCUT2D eigenvalue weighted by atomic mass is 9.96. The van der Waals surface area contributed by atoms with Gasteiger partial charge in [-0.2, -0.15) is 0 Å². The van der Waals surface area contributed by atoms with Crippen LogP contribution in [-0.2, 0) is 19.9 Å². The molecule has 0 aliphatic heterocycles. The average Bonchev–Trinajstić information content (AvgIpc) is 2.81. The van der Waals surface area contributed by atoms with Crippen LogP contribution in [0.2, 0.25) is 0 Å². The Labute approximate surface area is 185 Å². The van der Waals surface area contributed by atoms with Crippen LogP contribution in [-0.4, -0.2) is 28.8 Å². The van der Waals surface area contributed by atoms with Gasteiger partial charge < -0.3 is 18.6 Å². The predicted molar refractivity (Wildman–Crippen MR) is 123 cm³/mol. The summed E-state index contributed by atoms with van der Waals surface area (Å²) in [6.07, 6.45) is 18.7. The molecule has 0 N–H and O–H groups in total. The van der Waals surface area contributed by atoms with Gasteiger partial charge in [0, 0.05) is 0 Å². The first-order valence-electron chi connectivity index (χ1n) is 12.5. The van der Waals surface area contributed by atoms with Crippen molar-refractivity contribution in [3.63, 3.8) is 0 Å². The van der Waals surface area contributed by atoms with Crippen molar-refractivity contribution in [1.82, 2.24) is 0 Å². The maximum atomic E-state index is 6.76. The molecule has 30 heavy (non-hydrogen) atoms. The maximum absolute atomic E-state index is 6.76. The van der Waals surface area contributed by atoms with E-state index in [1.54, 1.807) is 0 Å². The van der Waals surface area contributed by atoms with Gasteiger partial charge in [-0.25, -0.2) is 0 Å². The van der Waals surface area contributed by atoms with E-state index in [1.165, 1.54) is 57.8 Å². The van der Waals surface area contributed by atoms with E-state index >= 15 is 0 Å². The smallest absolute Gasteiger partial charge is 0.305 e. The highest BCUT2D eigenvalue weighted by atomic mass is 28.2. The summed E-state index contributed by atoms with van der Waals surface area (Å²) in [5.74, 6) is -0.242. The standard InChI is InChI=1S/C25H40O4Si/c30-29-25(27-21-14-6-2-7-15-21,28-22-16-8-3-9-17-22)23-18-10-11-19-24(23)26-20-12-4-1-5-13-20/h10-11,18-22H,1-9,12-17H2,30H3. The molecular weight excluding hydrogens is 392 g/mol. The molecular formula is C25H40O4Si. The predicted octanol–water partition coefficient (Wildman–Crippen LogP) is 5.50. The minimum absolute atomic E-state index is 0.194. The third-order valence-corrected chi connectivity index (χ3v) is 7.62. The molecule has 0 aromatic heterocycles. The fraction of sp³-hybridized carbons (Fsp3) is 0.760. The Bertz CT molecular complexity index is 614. The summed E-state index contributed by atoms with van der Waals surface area (Å²) < 4.78 is 26.3. The molecule has 4 nitrogen and oxygen atoms in total. The molecule has 0 amide bonds. The minimum Gasteiger partial charge on any atom is -0.490 e. The van der Waals surface area contributed by atoms with E-state index in [0.29, 0.717) is 10.5 Å². The van der Waals surface area contributed by atoms with E-state index in [0.717, 1.165) is 49.8 Å². The molecule has 168 valence electrons. The van der Waals surface area contributed by atoms with E-state index < -0.39 is 5.97 Å². The third-order valence-electron chi connectivity index (χ3n) is 7.08. The summed E-state index contributed by atoms with van der Waals surface area (Å²) in [6, 6.07) is 8.29. The molecule has 0 bridgehead atoms. The normalized spacial score (nSPS) is 22.9. The van der Waals surface area contributed by atoms with Crippen molar-refractivity contribution in [1.29, 1.82) is 0 Å². The zero-order valence-electron chi connectivity index (χ0n) is 18.8. The van der Waals surface area contributed by atoms with Gasteiger partial charge in [-0.15, -0.1) is 0 Å². The summed E-state index contributed by atoms with van der Waals surface area (Å²) in [6.45, 7) is 0. The van der Waals surface area contributed by atoms with Crippen molar-refractivity contribution < 1.29 is 18.6 Å². The van der Waals surface area contributed by atoms with Crippen molar-refractivity contribution in [3.05, 3.63) is 29.8 Å².